The topological polar surface area (TPSA) is 42.9 Å². The molecule has 0 saturated heterocycles. The van der Waals surface area contributed by atoms with Crippen LogP contribution in [0.4, 0.5) is 4.39 Å². The van der Waals surface area contributed by atoms with E-state index in [9.17, 15) is 9.18 Å². The third kappa shape index (κ3) is 2.76. The monoisotopic (exact) mass is 314 g/mol. The Balaban J connectivity index is 2.24. The van der Waals surface area contributed by atoms with E-state index in [1.165, 1.54) is 12.1 Å². The summed E-state index contributed by atoms with van der Waals surface area (Å²) in [6, 6.07) is 4.29. The lowest BCUT2D eigenvalue weighted by molar-refractivity contribution is 0.0996. The predicted molar refractivity (Wildman–Crippen MR) is 66.8 cm³/mol. The normalized spacial score (nSPS) is 10.5. The van der Waals surface area contributed by atoms with Crippen LogP contribution in [0, 0.1) is 12.7 Å². The minimum Gasteiger partial charge on any atom is -0.293 e. The molecule has 88 valence electrons. The van der Waals surface area contributed by atoms with Gasteiger partial charge in [-0.05, 0) is 42.2 Å². The first-order valence-corrected chi connectivity index (χ1v) is 6.40. The van der Waals surface area contributed by atoms with E-state index in [2.05, 4.69) is 25.5 Å². The number of nitrogens with zero attached hydrogens (tertiary/aromatic N) is 2. The van der Waals surface area contributed by atoms with Gasteiger partial charge in [-0.3, -0.25) is 4.79 Å². The van der Waals surface area contributed by atoms with Gasteiger partial charge in [0, 0.05) is 10.9 Å². The van der Waals surface area contributed by atoms with Gasteiger partial charge in [0.15, 0.2) is 5.78 Å². The van der Waals surface area contributed by atoms with Gasteiger partial charge in [0.05, 0.1) is 5.69 Å². The Morgan fingerprint density at radius 2 is 2.29 bits per heavy atom. The van der Waals surface area contributed by atoms with Gasteiger partial charge in [0.1, 0.15) is 10.7 Å². The highest BCUT2D eigenvalue weighted by atomic mass is 79.9. The number of carbonyl (C=O) groups excluding carboxylic acids is 1. The number of Topliss-reactive ketones (excluding diaryl/α,β-unsaturated/α-hetero) is 1. The SMILES string of the molecule is Cc1nnsc1C(=O)Cc1cc(F)ccc1Br. The van der Waals surface area contributed by atoms with E-state index in [4.69, 9.17) is 0 Å². The molecule has 1 heterocycles. The van der Waals surface area contributed by atoms with Gasteiger partial charge in [-0.2, -0.15) is 0 Å². The van der Waals surface area contributed by atoms with E-state index in [1.54, 1.807) is 13.0 Å². The standard InChI is InChI=1S/C11H8BrFN2OS/c1-6-11(17-15-14-6)10(16)5-7-4-8(13)2-3-9(7)12/h2-4H,5H2,1H3. The van der Waals surface area contributed by atoms with Crippen LogP contribution in [0.2, 0.25) is 0 Å². The molecule has 6 heteroatoms. The molecule has 0 unspecified atom stereocenters. The molecule has 0 aliphatic rings. The molecule has 0 radical (unpaired) electrons. The van der Waals surface area contributed by atoms with Crippen LogP contribution in [0.5, 0.6) is 0 Å². The fourth-order valence-corrected chi connectivity index (χ4v) is 2.40. The van der Waals surface area contributed by atoms with Crippen molar-refractivity contribution in [1.82, 2.24) is 9.59 Å². The number of benzene rings is 1. The lowest BCUT2D eigenvalue weighted by Crippen LogP contribution is -2.04. The van der Waals surface area contributed by atoms with Gasteiger partial charge in [-0.1, -0.05) is 20.4 Å². The molecule has 2 aromatic rings. The number of halogens is 2. The van der Waals surface area contributed by atoms with E-state index in [-0.39, 0.29) is 18.0 Å². The van der Waals surface area contributed by atoms with Crippen LogP contribution in [0.25, 0.3) is 0 Å². The Morgan fingerprint density at radius 1 is 1.53 bits per heavy atom. The number of ketones is 1. The molecule has 1 aromatic carbocycles. The second-order valence-corrected chi connectivity index (χ2v) is 5.13. The zero-order valence-corrected chi connectivity index (χ0v) is 11.3. The van der Waals surface area contributed by atoms with Crippen molar-refractivity contribution in [2.45, 2.75) is 13.3 Å². The second-order valence-electron chi connectivity index (χ2n) is 3.52. The van der Waals surface area contributed by atoms with Gasteiger partial charge in [-0.15, -0.1) is 5.10 Å². The van der Waals surface area contributed by atoms with Gasteiger partial charge in [0.2, 0.25) is 0 Å². The number of aromatic nitrogens is 2. The van der Waals surface area contributed by atoms with E-state index < -0.39 is 0 Å². The van der Waals surface area contributed by atoms with E-state index in [0.717, 1.165) is 16.0 Å². The van der Waals surface area contributed by atoms with E-state index in [0.29, 0.717) is 16.1 Å². The van der Waals surface area contributed by atoms with Crippen LogP contribution in [0.15, 0.2) is 22.7 Å². The quantitative estimate of drug-likeness (QED) is 0.817. The smallest absolute Gasteiger partial charge is 0.180 e. The zero-order chi connectivity index (χ0) is 12.4. The second kappa shape index (κ2) is 5.01. The van der Waals surface area contributed by atoms with Crippen molar-refractivity contribution in [3.8, 4) is 0 Å². The Labute approximate surface area is 110 Å². The van der Waals surface area contributed by atoms with Gasteiger partial charge >= 0.3 is 0 Å². The first-order chi connectivity index (χ1) is 8.08. The highest BCUT2D eigenvalue weighted by molar-refractivity contribution is 9.10. The van der Waals surface area contributed by atoms with E-state index in [1.807, 2.05) is 0 Å². The first kappa shape index (κ1) is 12.3. The van der Waals surface area contributed by atoms with Gasteiger partial charge in [-0.25, -0.2) is 4.39 Å². The minimum absolute atomic E-state index is 0.0937. The van der Waals surface area contributed by atoms with Crippen LogP contribution >= 0.6 is 27.5 Å². The number of hydrogen-bond donors (Lipinski definition) is 0. The molecule has 0 fully saturated rings. The Morgan fingerprint density at radius 3 is 2.94 bits per heavy atom. The summed E-state index contributed by atoms with van der Waals surface area (Å²) in [5, 5.41) is 3.78. The minimum atomic E-state index is -0.352. The van der Waals surface area contributed by atoms with Crippen molar-refractivity contribution in [2.24, 2.45) is 0 Å². The highest BCUT2D eigenvalue weighted by Crippen LogP contribution is 2.21. The third-order valence-electron chi connectivity index (χ3n) is 2.26. The summed E-state index contributed by atoms with van der Waals surface area (Å²) >= 11 is 4.36. The average Bonchev–Trinajstić information content (AvgIpc) is 2.70. The molecule has 2 rings (SSSR count). The van der Waals surface area contributed by atoms with Crippen molar-refractivity contribution in [2.75, 3.05) is 0 Å². The Hall–Kier alpha value is -1.14. The molecule has 0 saturated carbocycles. The molecule has 1 aromatic heterocycles. The van der Waals surface area contributed by atoms with Crippen LogP contribution in [-0.2, 0) is 6.42 Å². The van der Waals surface area contributed by atoms with Crippen LogP contribution in [-0.4, -0.2) is 15.4 Å². The number of rotatable bonds is 3. The molecule has 0 bridgehead atoms. The summed E-state index contributed by atoms with van der Waals surface area (Å²) in [5.74, 6) is -0.445. The molecule has 0 aliphatic carbocycles. The lowest BCUT2D eigenvalue weighted by atomic mass is 10.1. The predicted octanol–water partition coefficient (Wildman–Crippen LogP) is 3.17. The molecule has 0 aliphatic heterocycles. The fourth-order valence-electron chi connectivity index (χ4n) is 1.42. The molecule has 0 amide bonds. The van der Waals surface area contributed by atoms with Crippen molar-refractivity contribution >= 4 is 33.2 Å². The summed E-state index contributed by atoms with van der Waals surface area (Å²) in [6.45, 7) is 1.73. The molecule has 0 N–H and O–H groups in total. The van der Waals surface area contributed by atoms with Crippen LogP contribution in [0.1, 0.15) is 20.9 Å². The summed E-state index contributed by atoms with van der Waals surface area (Å²) in [4.78, 5) is 12.5. The van der Waals surface area contributed by atoms with Crippen molar-refractivity contribution in [1.29, 1.82) is 0 Å². The summed E-state index contributed by atoms with van der Waals surface area (Å²) in [6.07, 6.45) is 0.142. The maximum Gasteiger partial charge on any atom is 0.180 e. The summed E-state index contributed by atoms with van der Waals surface area (Å²) < 4.78 is 17.5. The highest BCUT2D eigenvalue weighted by Gasteiger charge is 2.15. The van der Waals surface area contributed by atoms with Crippen molar-refractivity contribution in [3.05, 3.63) is 44.6 Å². The number of carbonyl (C=O) groups is 1. The molecular formula is C11H8BrFN2OS. The Bertz CT molecular complexity index is 570. The summed E-state index contributed by atoms with van der Waals surface area (Å²) in [7, 11) is 0. The van der Waals surface area contributed by atoms with Gasteiger partial charge < -0.3 is 0 Å². The van der Waals surface area contributed by atoms with E-state index >= 15 is 0 Å². The Kier molecular flexibility index (Phi) is 3.63. The van der Waals surface area contributed by atoms with Gasteiger partial charge in [0.25, 0.3) is 0 Å². The van der Waals surface area contributed by atoms with Crippen LogP contribution in [0.3, 0.4) is 0 Å². The molecule has 0 atom stereocenters. The number of hydrogen-bond acceptors (Lipinski definition) is 4. The molecule has 0 spiro atoms. The van der Waals surface area contributed by atoms with Crippen molar-refractivity contribution in [3.63, 3.8) is 0 Å². The maximum atomic E-state index is 13.1. The number of aryl methyl sites for hydroxylation is 1. The molecular weight excluding hydrogens is 307 g/mol. The average molecular weight is 315 g/mol. The first-order valence-electron chi connectivity index (χ1n) is 4.84. The van der Waals surface area contributed by atoms with Crippen LogP contribution < -0.4 is 0 Å². The largest absolute Gasteiger partial charge is 0.293 e. The zero-order valence-electron chi connectivity index (χ0n) is 8.91. The third-order valence-corrected chi connectivity index (χ3v) is 3.91. The fraction of sp³-hybridized carbons (Fsp3) is 0.182. The van der Waals surface area contributed by atoms with Crippen molar-refractivity contribution < 1.29 is 9.18 Å². The maximum absolute atomic E-state index is 13.1. The molecule has 17 heavy (non-hydrogen) atoms. The summed E-state index contributed by atoms with van der Waals surface area (Å²) in [5.41, 5.74) is 1.25. The molecule has 3 nitrogen and oxygen atoms in total. The lowest BCUT2D eigenvalue weighted by Gasteiger charge is -2.03.